The van der Waals surface area contributed by atoms with E-state index in [4.69, 9.17) is 4.98 Å². The highest BCUT2D eigenvalue weighted by Gasteiger charge is 2.17. The van der Waals surface area contributed by atoms with Crippen molar-refractivity contribution in [3.05, 3.63) is 77.6 Å². The molecule has 0 saturated heterocycles. The van der Waals surface area contributed by atoms with Gasteiger partial charge in [0.15, 0.2) is 0 Å². The number of imidazole rings is 1. The summed E-state index contributed by atoms with van der Waals surface area (Å²) in [7, 11) is 0. The van der Waals surface area contributed by atoms with Gasteiger partial charge in [0.05, 0.1) is 5.69 Å². The molecule has 0 saturated carbocycles. The summed E-state index contributed by atoms with van der Waals surface area (Å²) in [5.41, 5.74) is 4.93. The van der Waals surface area contributed by atoms with Gasteiger partial charge >= 0.3 is 0 Å². The van der Waals surface area contributed by atoms with Crippen molar-refractivity contribution in [3.63, 3.8) is 0 Å². The van der Waals surface area contributed by atoms with Crippen LogP contribution in [0.3, 0.4) is 0 Å². The number of aromatic nitrogens is 2. The van der Waals surface area contributed by atoms with E-state index in [-0.39, 0.29) is 0 Å². The Labute approximate surface area is 132 Å². The summed E-state index contributed by atoms with van der Waals surface area (Å²) >= 11 is 0. The van der Waals surface area contributed by atoms with E-state index >= 15 is 0 Å². The standard InChI is InChI=1S/C20H22N2/c1-15(2)19-16(3)22(14-17-10-6-4-7-11-17)20(21-19)18-12-8-5-9-13-18/h4-13,15H,14H2,1-3H3. The molecule has 3 aromatic rings. The fraction of sp³-hybridized carbons (Fsp3) is 0.250. The molecule has 0 aliphatic carbocycles. The molecular formula is C20H22N2. The zero-order chi connectivity index (χ0) is 15.5. The van der Waals surface area contributed by atoms with E-state index < -0.39 is 0 Å². The van der Waals surface area contributed by atoms with E-state index in [2.05, 4.69) is 79.9 Å². The largest absolute Gasteiger partial charge is 0.324 e. The molecule has 2 nitrogen and oxygen atoms in total. The third kappa shape index (κ3) is 2.82. The Balaban J connectivity index is 2.10. The van der Waals surface area contributed by atoms with Crippen LogP contribution in [-0.4, -0.2) is 9.55 Å². The second kappa shape index (κ2) is 6.18. The molecule has 0 atom stereocenters. The van der Waals surface area contributed by atoms with Crippen molar-refractivity contribution in [1.29, 1.82) is 0 Å². The van der Waals surface area contributed by atoms with Gasteiger partial charge in [0.2, 0.25) is 0 Å². The predicted molar refractivity (Wildman–Crippen MR) is 92.0 cm³/mol. The molecule has 0 bridgehead atoms. The zero-order valence-electron chi connectivity index (χ0n) is 13.5. The molecule has 0 fully saturated rings. The third-order valence-electron chi connectivity index (χ3n) is 4.02. The first-order valence-corrected chi connectivity index (χ1v) is 7.83. The first-order chi connectivity index (χ1) is 10.7. The molecule has 0 N–H and O–H groups in total. The van der Waals surface area contributed by atoms with Crippen molar-refractivity contribution in [2.24, 2.45) is 0 Å². The van der Waals surface area contributed by atoms with Crippen LogP contribution in [0.15, 0.2) is 60.7 Å². The van der Waals surface area contributed by atoms with Crippen molar-refractivity contribution < 1.29 is 0 Å². The molecule has 2 aromatic carbocycles. The average Bonchev–Trinajstić information content (AvgIpc) is 2.87. The lowest BCUT2D eigenvalue weighted by molar-refractivity contribution is 0.761. The van der Waals surface area contributed by atoms with Gasteiger partial charge in [-0.3, -0.25) is 0 Å². The summed E-state index contributed by atoms with van der Waals surface area (Å²) in [6, 6.07) is 21.0. The van der Waals surface area contributed by atoms with Crippen molar-refractivity contribution in [2.45, 2.75) is 33.2 Å². The molecule has 0 aliphatic heterocycles. The van der Waals surface area contributed by atoms with E-state index in [0.29, 0.717) is 5.92 Å². The van der Waals surface area contributed by atoms with Crippen molar-refractivity contribution in [1.82, 2.24) is 9.55 Å². The number of hydrogen-bond donors (Lipinski definition) is 0. The topological polar surface area (TPSA) is 17.8 Å². The lowest BCUT2D eigenvalue weighted by Crippen LogP contribution is -2.04. The van der Waals surface area contributed by atoms with Gasteiger partial charge in [0, 0.05) is 17.8 Å². The molecule has 112 valence electrons. The smallest absolute Gasteiger partial charge is 0.140 e. The van der Waals surface area contributed by atoms with Crippen LogP contribution in [0.25, 0.3) is 11.4 Å². The van der Waals surface area contributed by atoms with Gasteiger partial charge in [-0.2, -0.15) is 0 Å². The van der Waals surface area contributed by atoms with Crippen LogP contribution in [0.2, 0.25) is 0 Å². The Morgan fingerprint density at radius 1 is 0.909 bits per heavy atom. The van der Waals surface area contributed by atoms with Crippen LogP contribution in [0.4, 0.5) is 0 Å². The van der Waals surface area contributed by atoms with E-state index in [1.807, 2.05) is 6.07 Å². The van der Waals surface area contributed by atoms with Crippen LogP contribution >= 0.6 is 0 Å². The van der Waals surface area contributed by atoms with Gasteiger partial charge in [-0.05, 0) is 18.4 Å². The Hall–Kier alpha value is -2.35. The first kappa shape index (κ1) is 14.6. The second-order valence-corrected chi connectivity index (χ2v) is 6.00. The SMILES string of the molecule is Cc1c(C(C)C)nc(-c2ccccc2)n1Cc1ccccc1. The molecule has 3 rings (SSSR count). The molecular weight excluding hydrogens is 268 g/mol. The maximum absolute atomic E-state index is 4.94. The van der Waals surface area contributed by atoms with Crippen molar-refractivity contribution in [2.75, 3.05) is 0 Å². The summed E-state index contributed by atoms with van der Waals surface area (Å²) in [5, 5.41) is 0. The molecule has 2 heteroatoms. The Morgan fingerprint density at radius 3 is 2.09 bits per heavy atom. The van der Waals surface area contributed by atoms with Crippen LogP contribution < -0.4 is 0 Å². The Bertz CT molecular complexity index is 740. The minimum absolute atomic E-state index is 0.430. The van der Waals surface area contributed by atoms with E-state index in [0.717, 1.165) is 12.4 Å². The predicted octanol–water partition coefficient (Wildman–Crippen LogP) is 5.03. The molecule has 1 heterocycles. The Kier molecular flexibility index (Phi) is 4.10. The van der Waals surface area contributed by atoms with E-state index in [1.54, 1.807) is 0 Å². The summed E-state index contributed by atoms with van der Waals surface area (Å²) in [6.07, 6.45) is 0. The van der Waals surface area contributed by atoms with Crippen LogP contribution in [0.1, 0.15) is 36.7 Å². The van der Waals surface area contributed by atoms with Gasteiger partial charge in [0.25, 0.3) is 0 Å². The van der Waals surface area contributed by atoms with Gasteiger partial charge in [-0.25, -0.2) is 4.98 Å². The summed E-state index contributed by atoms with van der Waals surface area (Å²) in [4.78, 5) is 4.94. The number of rotatable bonds is 4. The van der Waals surface area contributed by atoms with Gasteiger partial charge < -0.3 is 4.57 Å². The van der Waals surface area contributed by atoms with Crippen molar-refractivity contribution >= 4 is 0 Å². The molecule has 1 aromatic heterocycles. The fourth-order valence-electron chi connectivity index (χ4n) is 2.87. The first-order valence-electron chi connectivity index (χ1n) is 7.83. The van der Waals surface area contributed by atoms with Crippen LogP contribution in [-0.2, 0) is 6.54 Å². The highest BCUT2D eigenvalue weighted by Crippen LogP contribution is 2.27. The summed E-state index contributed by atoms with van der Waals surface area (Å²) in [6.45, 7) is 7.45. The molecule has 0 unspecified atom stereocenters. The molecule has 0 radical (unpaired) electrons. The minimum Gasteiger partial charge on any atom is -0.324 e. The summed E-state index contributed by atoms with van der Waals surface area (Å²) < 4.78 is 2.33. The lowest BCUT2D eigenvalue weighted by Gasteiger charge is -2.11. The van der Waals surface area contributed by atoms with Crippen LogP contribution in [0.5, 0.6) is 0 Å². The second-order valence-electron chi connectivity index (χ2n) is 6.00. The fourth-order valence-corrected chi connectivity index (χ4v) is 2.87. The van der Waals surface area contributed by atoms with Gasteiger partial charge in [-0.1, -0.05) is 74.5 Å². The van der Waals surface area contributed by atoms with Gasteiger partial charge in [-0.15, -0.1) is 0 Å². The highest BCUT2D eigenvalue weighted by atomic mass is 15.1. The molecule has 22 heavy (non-hydrogen) atoms. The number of hydrogen-bond acceptors (Lipinski definition) is 1. The van der Waals surface area contributed by atoms with Crippen LogP contribution in [0, 0.1) is 6.92 Å². The van der Waals surface area contributed by atoms with E-state index in [9.17, 15) is 0 Å². The third-order valence-corrected chi connectivity index (χ3v) is 4.02. The molecule has 0 spiro atoms. The number of nitrogens with zero attached hydrogens (tertiary/aromatic N) is 2. The lowest BCUT2D eigenvalue weighted by atomic mass is 10.1. The monoisotopic (exact) mass is 290 g/mol. The zero-order valence-corrected chi connectivity index (χ0v) is 13.5. The average molecular weight is 290 g/mol. The molecule has 0 amide bonds. The maximum atomic E-state index is 4.94. The number of benzene rings is 2. The normalized spacial score (nSPS) is 11.1. The quantitative estimate of drug-likeness (QED) is 0.659. The highest BCUT2D eigenvalue weighted by molar-refractivity contribution is 5.57. The minimum atomic E-state index is 0.430. The summed E-state index contributed by atoms with van der Waals surface area (Å²) in [5.74, 6) is 1.49. The Morgan fingerprint density at radius 2 is 1.50 bits per heavy atom. The maximum Gasteiger partial charge on any atom is 0.140 e. The van der Waals surface area contributed by atoms with Crippen molar-refractivity contribution in [3.8, 4) is 11.4 Å². The van der Waals surface area contributed by atoms with E-state index in [1.165, 1.54) is 22.5 Å². The molecule has 0 aliphatic rings. The van der Waals surface area contributed by atoms with Gasteiger partial charge in [0.1, 0.15) is 5.82 Å².